The van der Waals surface area contributed by atoms with Gasteiger partial charge in [0.05, 0.1) is 22.6 Å². The summed E-state index contributed by atoms with van der Waals surface area (Å²) in [5, 5.41) is 5.75. The molecule has 5 aromatic rings. The van der Waals surface area contributed by atoms with Crippen LogP contribution in [0.1, 0.15) is 30.8 Å². The fourth-order valence-electron chi connectivity index (χ4n) is 4.89. The van der Waals surface area contributed by atoms with Gasteiger partial charge in [-0.25, -0.2) is 9.78 Å². The number of anilines is 1. The van der Waals surface area contributed by atoms with Crippen LogP contribution in [-0.4, -0.2) is 27.0 Å². The van der Waals surface area contributed by atoms with E-state index < -0.39 is 0 Å². The van der Waals surface area contributed by atoms with Crippen molar-refractivity contribution >= 4 is 33.4 Å². The summed E-state index contributed by atoms with van der Waals surface area (Å²) < 4.78 is 1.58. The first-order valence-electron chi connectivity index (χ1n) is 12.6. The van der Waals surface area contributed by atoms with Crippen molar-refractivity contribution in [3.8, 4) is 0 Å². The van der Waals surface area contributed by atoms with Gasteiger partial charge in [-0.15, -0.1) is 0 Å². The third-order valence-corrected chi connectivity index (χ3v) is 6.86. The summed E-state index contributed by atoms with van der Waals surface area (Å²) in [7, 11) is 1.73. The van der Waals surface area contributed by atoms with Gasteiger partial charge in [0.1, 0.15) is 5.82 Å². The van der Waals surface area contributed by atoms with E-state index >= 15 is 0 Å². The van der Waals surface area contributed by atoms with Crippen molar-refractivity contribution in [2.45, 2.75) is 25.8 Å². The number of hydrogen-bond acceptors (Lipinski definition) is 3. The van der Waals surface area contributed by atoms with Crippen molar-refractivity contribution in [2.24, 2.45) is 7.05 Å². The Bertz CT molecular complexity index is 1610. The van der Waals surface area contributed by atoms with E-state index in [1.807, 2.05) is 90.7 Å². The molecule has 0 aliphatic rings. The molecule has 1 N–H and O–H groups in total. The Kier molecular flexibility index (Phi) is 6.99. The number of aromatic nitrogens is 2. The van der Waals surface area contributed by atoms with Crippen LogP contribution in [0.2, 0.25) is 0 Å². The third-order valence-electron chi connectivity index (χ3n) is 6.86. The van der Waals surface area contributed by atoms with E-state index in [4.69, 9.17) is 4.98 Å². The number of urea groups is 1. The molecule has 5 rings (SSSR count). The van der Waals surface area contributed by atoms with Gasteiger partial charge in [0.2, 0.25) is 0 Å². The minimum absolute atomic E-state index is 0.114. The normalized spacial score (nSPS) is 11.9. The molecule has 0 aliphatic carbocycles. The summed E-state index contributed by atoms with van der Waals surface area (Å²) in [6, 6.07) is 30.7. The molecular formula is C31H30N4O2. The molecule has 0 bridgehead atoms. The Morgan fingerprint density at radius 2 is 1.57 bits per heavy atom. The standard InChI is InChI=1S/C31H30N4O2/c1-3-28(29-32-27-18-10-9-17-25(27)30(36)34(29)2)35(21-20-22-12-5-4-6-13-22)31(37)33-26-19-11-15-23-14-7-8-16-24(23)26/h4-19,28H,3,20-21H2,1-2H3,(H,33,37). The number of rotatable bonds is 7. The van der Waals surface area contributed by atoms with Crippen LogP contribution < -0.4 is 10.9 Å². The van der Waals surface area contributed by atoms with Crippen LogP contribution in [0.4, 0.5) is 10.5 Å². The zero-order chi connectivity index (χ0) is 25.8. The van der Waals surface area contributed by atoms with Gasteiger partial charge in [0, 0.05) is 19.0 Å². The molecule has 1 atom stereocenters. The van der Waals surface area contributed by atoms with Crippen LogP contribution >= 0.6 is 0 Å². The molecule has 0 fully saturated rings. The van der Waals surface area contributed by atoms with E-state index in [1.165, 1.54) is 0 Å². The average molecular weight is 491 g/mol. The highest BCUT2D eigenvalue weighted by Crippen LogP contribution is 2.27. The fourth-order valence-corrected chi connectivity index (χ4v) is 4.89. The lowest BCUT2D eigenvalue weighted by molar-refractivity contribution is 0.181. The van der Waals surface area contributed by atoms with E-state index in [0.29, 0.717) is 36.1 Å². The van der Waals surface area contributed by atoms with Crippen LogP contribution in [0, 0.1) is 0 Å². The average Bonchev–Trinajstić information content (AvgIpc) is 2.94. The molecule has 2 amide bonds. The summed E-state index contributed by atoms with van der Waals surface area (Å²) in [5.74, 6) is 0.576. The molecule has 1 unspecified atom stereocenters. The summed E-state index contributed by atoms with van der Waals surface area (Å²) in [4.78, 5) is 33.8. The second-order valence-electron chi connectivity index (χ2n) is 9.16. The van der Waals surface area contributed by atoms with Gasteiger partial charge >= 0.3 is 6.03 Å². The zero-order valence-corrected chi connectivity index (χ0v) is 21.1. The minimum Gasteiger partial charge on any atom is -0.314 e. The smallest absolute Gasteiger partial charge is 0.314 e. The van der Waals surface area contributed by atoms with Crippen molar-refractivity contribution in [3.05, 3.63) is 119 Å². The Labute approximate surface area is 216 Å². The Hall–Kier alpha value is -4.45. The quantitative estimate of drug-likeness (QED) is 0.291. The SMILES string of the molecule is CCC(c1nc2ccccc2c(=O)n1C)N(CCc1ccccc1)C(=O)Nc1cccc2ccccc12. The largest absolute Gasteiger partial charge is 0.322 e. The van der Waals surface area contributed by atoms with Gasteiger partial charge in [0.15, 0.2) is 0 Å². The molecule has 0 radical (unpaired) electrons. The Balaban J connectivity index is 1.54. The van der Waals surface area contributed by atoms with Gasteiger partial charge in [-0.3, -0.25) is 9.36 Å². The number of nitrogens with zero attached hydrogens (tertiary/aromatic N) is 3. The summed E-state index contributed by atoms with van der Waals surface area (Å²) in [6.45, 7) is 2.49. The monoisotopic (exact) mass is 490 g/mol. The number of carbonyl (C=O) groups is 1. The number of amides is 2. The summed E-state index contributed by atoms with van der Waals surface area (Å²) in [6.07, 6.45) is 1.29. The predicted octanol–water partition coefficient (Wildman–Crippen LogP) is 6.31. The summed E-state index contributed by atoms with van der Waals surface area (Å²) in [5.41, 5.74) is 2.41. The fraction of sp³-hybridized carbons (Fsp3) is 0.194. The van der Waals surface area contributed by atoms with Crippen LogP contribution in [0.25, 0.3) is 21.7 Å². The molecule has 0 saturated heterocycles. The number of carbonyl (C=O) groups excluding carboxylic acids is 1. The van der Waals surface area contributed by atoms with Gasteiger partial charge < -0.3 is 10.2 Å². The first-order chi connectivity index (χ1) is 18.1. The van der Waals surface area contributed by atoms with E-state index in [9.17, 15) is 9.59 Å². The first kappa shape index (κ1) is 24.3. The van der Waals surface area contributed by atoms with Gasteiger partial charge in [-0.1, -0.05) is 85.8 Å². The predicted molar refractivity (Wildman–Crippen MR) is 150 cm³/mol. The van der Waals surface area contributed by atoms with Crippen LogP contribution in [0.3, 0.4) is 0 Å². The first-order valence-corrected chi connectivity index (χ1v) is 12.6. The second kappa shape index (κ2) is 10.7. The molecule has 186 valence electrons. The Morgan fingerprint density at radius 3 is 2.35 bits per heavy atom. The van der Waals surface area contributed by atoms with Crippen LogP contribution in [-0.2, 0) is 13.5 Å². The van der Waals surface area contributed by atoms with Crippen molar-refractivity contribution in [1.29, 1.82) is 0 Å². The lowest BCUT2D eigenvalue weighted by Crippen LogP contribution is -2.41. The number of nitrogens with one attached hydrogen (secondary N) is 1. The van der Waals surface area contributed by atoms with Crippen molar-refractivity contribution in [2.75, 3.05) is 11.9 Å². The van der Waals surface area contributed by atoms with E-state index in [0.717, 1.165) is 22.0 Å². The molecule has 0 spiro atoms. The number of para-hydroxylation sites is 1. The van der Waals surface area contributed by atoms with Crippen molar-refractivity contribution < 1.29 is 4.79 Å². The lowest BCUT2D eigenvalue weighted by Gasteiger charge is -2.32. The molecule has 1 heterocycles. The molecule has 1 aromatic heterocycles. The number of hydrogen-bond donors (Lipinski definition) is 1. The maximum atomic E-state index is 13.9. The number of benzene rings is 4. The molecule has 37 heavy (non-hydrogen) atoms. The maximum Gasteiger partial charge on any atom is 0.322 e. The number of fused-ring (bicyclic) bond motifs is 2. The van der Waals surface area contributed by atoms with Crippen molar-refractivity contribution in [1.82, 2.24) is 14.5 Å². The van der Waals surface area contributed by atoms with Crippen molar-refractivity contribution in [3.63, 3.8) is 0 Å². The molecule has 0 aliphatic heterocycles. The Morgan fingerprint density at radius 1 is 0.892 bits per heavy atom. The van der Waals surface area contributed by atoms with Gasteiger partial charge in [-0.2, -0.15) is 0 Å². The third kappa shape index (κ3) is 4.96. The topological polar surface area (TPSA) is 67.2 Å². The van der Waals surface area contributed by atoms with Gasteiger partial charge in [0.25, 0.3) is 5.56 Å². The zero-order valence-electron chi connectivity index (χ0n) is 21.1. The second-order valence-corrected chi connectivity index (χ2v) is 9.16. The maximum absolute atomic E-state index is 13.9. The molecule has 4 aromatic carbocycles. The minimum atomic E-state index is -0.388. The highest BCUT2D eigenvalue weighted by atomic mass is 16.2. The summed E-state index contributed by atoms with van der Waals surface area (Å²) >= 11 is 0. The van der Waals surface area contributed by atoms with Gasteiger partial charge in [-0.05, 0) is 42.0 Å². The van der Waals surface area contributed by atoms with Crippen LogP contribution in [0.15, 0.2) is 102 Å². The molecular weight excluding hydrogens is 460 g/mol. The lowest BCUT2D eigenvalue weighted by atomic mass is 10.1. The van der Waals surface area contributed by atoms with E-state index in [2.05, 4.69) is 17.4 Å². The highest BCUT2D eigenvalue weighted by Gasteiger charge is 2.28. The van der Waals surface area contributed by atoms with E-state index in [-0.39, 0.29) is 17.6 Å². The molecule has 6 nitrogen and oxygen atoms in total. The molecule has 6 heteroatoms. The van der Waals surface area contributed by atoms with Crippen LogP contribution in [0.5, 0.6) is 0 Å². The highest BCUT2D eigenvalue weighted by molar-refractivity contribution is 6.01. The van der Waals surface area contributed by atoms with E-state index in [1.54, 1.807) is 17.7 Å². The molecule has 0 saturated carbocycles.